The summed E-state index contributed by atoms with van der Waals surface area (Å²) in [6.45, 7) is 3.70. The van der Waals surface area contributed by atoms with Crippen LogP contribution in [0.4, 0.5) is 5.00 Å². The highest BCUT2D eigenvalue weighted by atomic mass is 79.9. The van der Waals surface area contributed by atoms with Gasteiger partial charge in [-0.15, -0.1) is 11.3 Å². The molecule has 0 aliphatic carbocycles. The molecule has 0 unspecified atom stereocenters. The van der Waals surface area contributed by atoms with Crippen molar-refractivity contribution in [2.24, 2.45) is 5.73 Å². The van der Waals surface area contributed by atoms with Gasteiger partial charge in [0.1, 0.15) is 0 Å². The van der Waals surface area contributed by atoms with E-state index in [1.807, 2.05) is 25.3 Å². The first kappa shape index (κ1) is 12.7. The van der Waals surface area contributed by atoms with Crippen molar-refractivity contribution in [3.05, 3.63) is 15.9 Å². The van der Waals surface area contributed by atoms with E-state index in [0.717, 1.165) is 9.47 Å². The Morgan fingerprint density at radius 3 is 2.67 bits per heavy atom. The summed E-state index contributed by atoms with van der Waals surface area (Å²) in [7, 11) is 1.77. The van der Waals surface area contributed by atoms with E-state index in [4.69, 9.17) is 5.73 Å². The zero-order valence-corrected chi connectivity index (χ0v) is 11.5. The van der Waals surface area contributed by atoms with E-state index in [9.17, 15) is 4.79 Å². The first-order valence-corrected chi connectivity index (χ1v) is 6.26. The van der Waals surface area contributed by atoms with Crippen LogP contribution in [0.15, 0.2) is 15.9 Å². The Bertz CT molecular complexity index is 357. The Balaban J connectivity index is 2.69. The highest BCUT2D eigenvalue weighted by molar-refractivity contribution is 9.10. The average molecular weight is 291 g/mol. The molecule has 0 saturated heterocycles. The Morgan fingerprint density at radius 2 is 2.27 bits per heavy atom. The number of nitrogens with two attached hydrogens (primary N) is 1. The van der Waals surface area contributed by atoms with Gasteiger partial charge in [0.25, 0.3) is 0 Å². The van der Waals surface area contributed by atoms with E-state index in [1.54, 1.807) is 11.9 Å². The molecule has 5 heteroatoms. The molecule has 3 nitrogen and oxygen atoms in total. The SMILES string of the molecule is CN(C(=O)CC(C)(C)N)c1cc(Br)cs1. The second kappa shape index (κ2) is 4.63. The van der Waals surface area contributed by atoms with E-state index >= 15 is 0 Å². The molecule has 1 aromatic rings. The maximum absolute atomic E-state index is 11.8. The van der Waals surface area contributed by atoms with Crippen molar-refractivity contribution in [2.75, 3.05) is 11.9 Å². The number of amides is 1. The first-order chi connectivity index (χ1) is 6.79. The van der Waals surface area contributed by atoms with Gasteiger partial charge in [0.2, 0.25) is 5.91 Å². The number of hydrogen-bond acceptors (Lipinski definition) is 3. The fraction of sp³-hybridized carbons (Fsp3) is 0.500. The monoisotopic (exact) mass is 290 g/mol. The average Bonchev–Trinajstić information content (AvgIpc) is 2.47. The molecule has 1 rings (SSSR count). The minimum absolute atomic E-state index is 0.0388. The molecule has 0 saturated carbocycles. The maximum atomic E-state index is 11.8. The maximum Gasteiger partial charge on any atom is 0.229 e. The Labute approximate surface area is 102 Å². The van der Waals surface area contributed by atoms with Crippen molar-refractivity contribution in [3.63, 3.8) is 0 Å². The van der Waals surface area contributed by atoms with Crippen molar-refractivity contribution in [2.45, 2.75) is 25.8 Å². The molecule has 0 fully saturated rings. The lowest BCUT2D eigenvalue weighted by Crippen LogP contribution is -2.39. The van der Waals surface area contributed by atoms with Crippen LogP contribution in [-0.2, 0) is 4.79 Å². The molecule has 15 heavy (non-hydrogen) atoms. The molecule has 1 heterocycles. The third-order valence-electron chi connectivity index (χ3n) is 1.87. The molecular formula is C10H15BrN2OS. The zero-order chi connectivity index (χ0) is 11.6. The van der Waals surface area contributed by atoms with Gasteiger partial charge in [-0.2, -0.15) is 0 Å². The van der Waals surface area contributed by atoms with Gasteiger partial charge in [0.05, 0.1) is 5.00 Å². The molecule has 0 spiro atoms. The van der Waals surface area contributed by atoms with Crippen LogP contribution in [-0.4, -0.2) is 18.5 Å². The highest BCUT2D eigenvalue weighted by Gasteiger charge is 2.20. The molecule has 1 amide bonds. The van der Waals surface area contributed by atoms with Gasteiger partial charge in [-0.3, -0.25) is 4.79 Å². The Hall–Kier alpha value is -0.390. The third-order valence-corrected chi connectivity index (χ3v) is 3.63. The lowest BCUT2D eigenvalue weighted by Gasteiger charge is -2.22. The third kappa shape index (κ3) is 3.93. The molecule has 84 valence electrons. The molecular weight excluding hydrogens is 276 g/mol. The lowest BCUT2D eigenvalue weighted by molar-refractivity contribution is -0.119. The van der Waals surface area contributed by atoms with Crippen LogP contribution in [0.2, 0.25) is 0 Å². The number of carbonyl (C=O) groups excluding carboxylic acids is 1. The second-order valence-electron chi connectivity index (χ2n) is 4.22. The van der Waals surface area contributed by atoms with Crippen molar-refractivity contribution < 1.29 is 4.79 Å². The Morgan fingerprint density at radius 1 is 1.67 bits per heavy atom. The van der Waals surface area contributed by atoms with Crippen LogP contribution >= 0.6 is 27.3 Å². The van der Waals surface area contributed by atoms with Crippen molar-refractivity contribution in [3.8, 4) is 0 Å². The number of hydrogen-bond donors (Lipinski definition) is 1. The first-order valence-electron chi connectivity index (χ1n) is 4.59. The minimum atomic E-state index is -0.458. The Kier molecular flexibility index (Phi) is 3.92. The number of thiophene rings is 1. The van der Waals surface area contributed by atoms with Gasteiger partial charge in [0, 0.05) is 28.9 Å². The van der Waals surface area contributed by atoms with Crippen molar-refractivity contribution in [1.29, 1.82) is 0 Å². The number of rotatable bonds is 3. The molecule has 0 atom stereocenters. The number of halogens is 1. The van der Waals surface area contributed by atoms with Crippen LogP contribution < -0.4 is 10.6 Å². The van der Waals surface area contributed by atoms with Gasteiger partial charge < -0.3 is 10.6 Å². The number of anilines is 1. The molecule has 1 aromatic heterocycles. The molecule has 0 aromatic carbocycles. The van der Waals surface area contributed by atoms with Gasteiger partial charge in [-0.05, 0) is 35.8 Å². The summed E-state index contributed by atoms with van der Waals surface area (Å²) in [5.41, 5.74) is 5.35. The topological polar surface area (TPSA) is 46.3 Å². The quantitative estimate of drug-likeness (QED) is 0.930. The fourth-order valence-electron chi connectivity index (χ4n) is 1.11. The number of nitrogens with zero attached hydrogens (tertiary/aromatic N) is 1. The predicted molar refractivity (Wildman–Crippen MR) is 68.3 cm³/mol. The van der Waals surface area contributed by atoms with Gasteiger partial charge >= 0.3 is 0 Å². The standard InChI is InChI=1S/C10H15BrN2OS/c1-10(2,12)5-8(14)13(3)9-4-7(11)6-15-9/h4,6H,5,12H2,1-3H3. The van der Waals surface area contributed by atoms with Crippen molar-refractivity contribution in [1.82, 2.24) is 0 Å². The molecule has 0 aliphatic heterocycles. The van der Waals surface area contributed by atoms with E-state index in [1.165, 1.54) is 11.3 Å². The van der Waals surface area contributed by atoms with E-state index in [0.29, 0.717) is 6.42 Å². The summed E-state index contributed by atoms with van der Waals surface area (Å²) in [6, 6.07) is 1.92. The molecule has 0 aliphatic rings. The summed E-state index contributed by atoms with van der Waals surface area (Å²) in [5.74, 6) is 0.0388. The van der Waals surface area contributed by atoms with Crippen LogP contribution in [0.1, 0.15) is 20.3 Å². The summed E-state index contributed by atoms with van der Waals surface area (Å²) in [6.07, 6.45) is 0.346. The smallest absolute Gasteiger partial charge is 0.229 e. The lowest BCUT2D eigenvalue weighted by atomic mass is 10.0. The van der Waals surface area contributed by atoms with Gasteiger partial charge in [-0.25, -0.2) is 0 Å². The molecule has 0 radical (unpaired) electrons. The predicted octanol–water partition coefficient (Wildman–Crippen LogP) is 2.60. The van der Waals surface area contributed by atoms with E-state index in [2.05, 4.69) is 15.9 Å². The normalized spacial score (nSPS) is 11.5. The summed E-state index contributed by atoms with van der Waals surface area (Å²) in [4.78, 5) is 13.4. The van der Waals surface area contributed by atoms with Gasteiger partial charge in [-0.1, -0.05) is 0 Å². The van der Waals surface area contributed by atoms with Crippen molar-refractivity contribution >= 4 is 38.2 Å². The minimum Gasteiger partial charge on any atom is -0.325 e. The van der Waals surface area contributed by atoms with E-state index < -0.39 is 5.54 Å². The fourth-order valence-corrected chi connectivity index (χ4v) is 2.51. The van der Waals surface area contributed by atoms with Crippen LogP contribution in [0.5, 0.6) is 0 Å². The number of carbonyl (C=O) groups is 1. The largest absolute Gasteiger partial charge is 0.325 e. The van der Waals surface area contributed by atoms with Gasteiger partial charge in [0.15, 0.2) is 0 Å². The van der Waals surface area contributed by atoms with Crippen LogP contribution in [0.25, 0.3) is 0 Å². The summed E-state index contributed by atoms with van der Waals surface area (Å²) >= 11 is 4.89. The molecule has 0 bridgehead atoms. The van der Waals surface area contributed by atoms with E-state index in [-0.39, 0.29) is 5.91 Å². The molecule has 2 N–H and O–H groups in total. The zero-order valence-electron chi connectivity index (χ0n) is 9.08. The summed E-state index contributed by atoms with van der Waals surface area (Å²) in [5, 5.41) is 2.88. The second-order valence-corrected chi connectivity index (χ2v) is 6.03. The van der Waals surface area contributed by atoms with Crippen LogP contribution in [0.3, 0.4) is 0 Å². The summed E-state index contributed by atoms with van der Waals surface area (Å²) < 4.78 is 0.995. The van der Waals surface area contributed by atoms with Crippen LogP contribution in [0, 0.1) is 0 Å². The highest BCUT2D eigenvalue weighted by Crippen LogP contribution is 2.28.